The van der Waals surface area contributed by atoms with Crippen molar-refractivity contribution in [3.8, 4) is 6.07 Å². The lowest BCUT2D eigenvalue weighted by molar-refractivity contribution is -0.121. The molecule has 92 valence electrons. The molecular weight excluding hydrogens is 300 g/mol. The number of nitrogens with one attached hydrogen (secondary N) is 1. The molecule has 3 nitrogen and oxygen atoms in total. The van der Waals surface area contributed by atoms with Crippen LogP contribution in [0.4, 0.5) is 0 Å². The van der Waals surface area contributed by atoms with Crippen molar-refractivity contribution in [2.45, 2.75) is 32.1 Å². The molecule has 0 bridgehead atoms. The third kappa shape index (κ3) is 4.49. The number of carbonyl (C=O) groups excluding carboxylic acids is 1. The van der Waals surface area contributed by atoms with Gasteiger partial charge in [0.25, 0.3) is 0 Å². The van der Waals surface area contributed by atoms with Crippen molar-refractivity contribution in [3.05, 3.63) is 20.8 Å². The summed E-state index contributed by atoms with van der Waals surface area (Å²) < 4.78 is 1.07. The molecule has 0 aromatic carbocycles. The van der Waals surface area contributed by atoms with Gasteiger partial charge in [-0.2, -0.15) is 5.26 Å². The molecule has 1 amide bonds. The van der Waals surface area contributed by atoms with Crippen molar-refractivity contribution < 1.29 is 4.79 Å². The molecule has 1 N–H and O–H groups in total. The number of hydrogen-bond acceptors (Lipinski definition) is 3. The highest BCUT2D eigenvalue weighted by Gasteiger charge is 2.23. The van der Waals surface area contributed by atoms with Gasteiger partial charge in [-0.1, -0.05) is 13.8 Å². The highest BCUT2D eigenvalue weighted by Crippen LogP contribution is 2.30. The van der Waals surface area contributed by atoms with E-state index in [0.717, 1.165) is 4.47 Å². The molecule has 1 aromatic rings. The van der Waals surface area contributed by atoms with E-state index >= 15 is 0 Å². The van der Waals surface area contributed by atoms with Crippen LogP contribution in [0.3, 0.4) is 0 Å². The van der Waals surface area contributed by atoms with Crippen LogP contribution in [0.25, 0.3) is 0 Å². The molecule has 0 saturated carbocycles. The average molecular weight is 315 g/mol. The Hall–Kier alpha value is -0.860. The van der Waals surface area contributed by atoms with Gasteiger partial charge >= 0.3 is 0 Å². The van der Waals surface area contributed by atoms with E-state index in [4.69, 9.17) is 5.26 Å². The molecule has 1 aromatic heterocycles. The molecule has 1 rings (SSSR count). The van der Waals surface area contributed by atoms with E-state index in [1.807, 2.05) is 11.4 Å². The van der Waals surface area contributed by atoms with Gasteiger partial charge in [0.1, 0.15) is 0 Å². The Kier molecular flexibility index (Phi) is 5.16. The first-order valence-corrected chi connectivity index (χ1v) is 7.01. The smallest absolute Gasteiger partial charge is 0.221 e. The minimum atomic E-state index is -0.0843. The van der Waals surface area contributed by atoms with Crippen LogP contribution in [-0.4, -0.2) is 12.5 Å². The molecular formula is C12H15BrN2OS. The van der Waals surface area contributed by atoms with Crippen LogP contribution in [-0.2, 0) is 10.2 Å². The summed E-state index contributed by atoms with van der Waals surface area (Å²) in [7, 11) is 0. The number of amides is 1. The SMILES string of the molecule is CC(C)(CNC(=O)CCC#N)c1cc(Br)cs1. The van der Waals surface area contributed by atoms with Gasteiger partial charge in [0.05, 0.1) is 6.07 Å². The summed E-state index contributed by atoms with van der Waals surface area (Å²) >= 11 is 5.10. The third-order valence-electron chi connectivity index (χ3n) is 2.43. The molecule has 0 radical (unpaired) electrons. The minimum absolute atomic E-state index is 0.0600. The summed E-state index contributed by atoms with van der Waals surface area (Å²) in [6.07, 6.45) is 0.553. The second kappa shape index (κ2) is 6.18. The molecule has 0 aliphatic carbocycles. The second-order valence-corrected chi connectivity index (χ2v) is 6.27. The predicted octanol–water partition coefficient (Wildman–Crippen LogP) is 3.21. The van der Waals surface area contributed by atoms with Gasteiger partial charge in [0, 0.05) is 39.5 Å². The van der Waals surface area contributed by atoms with E-state index in [2.05, 4.69) is 41.2 Å². The van der Waals surface area contributed by atoms with Crippen LogP contribution in [0.5, 0.6) is 0 Å². The van der Waals surface area contributed by atoms with Crippen LogP contribution in [0.15, 0.2) is 15.9 Å². The van der Waals surface area contributed by atoms with Crippen LogP contribution < -0.4 is 5.32 Å². The number of nitriles is 1. The van der Waals surface area contributed by atoms with Crippen LogP contribution in [0, 0.1) is 11.3 Å². The number of thiophene rings is 1. The molecule has 0 fully saturated rings. The maximum absolute atomic E-state index is 11.4. The fraction of sp³-hybridized carbons (Fsp3) is 0.500. The number of carbonyl (C=O) groups is 1. The first-order valence-electron chi connectivity index (χ1n) is 5.34. The first-order chi connectivity index (χ1) is 7.95. The highest BCUT2D eigenvalue weighted by molar-refractivity contribution is 9.10. The van der Waals surface area contributed by atoms with Crippen molar-refractivity contribution in [2.75, 3.05) is 6.54 Å². The van der Waals surface area contributed by atoms with Gasteiger partial charge < -0.3 is 5.32 Å². The van der Waals surface area contributed by atoms with Crippen molar-refractivity contribution in [1.29, 1.82) is 5.26 Å². The van der Waals surface area contributed by atoms with E-state index in [1.165, 1.54) is 4.88 Å². The van der Waals surface area contributed by atoms with Crippen LogP contribution in [0.2, 0.25) is 0 Å². The zero-order chi connectivity index (χ0) is 12.9. The molecule has 0 spiro atoms. The lowest BCUT2D eigenvalue weighted by Crippen LogP contribution is -2.36. The summed E-state index contributed by atoms with van der Waals surface area (Å²) in [5, 5.41) is 13.3. The fourth-order valence-corrected chi connectivity index (χ4v) is 2.89. The Labute approximate surface area is 114 Å². The van der Waals surface area contributed by atoms with Gasteiger partial charge in [0.2, 0.25) is 5.91 Å². The predicted molar refractivity (Wildman–Crippen MR) is 72.9 cm³/mol. The Balaban J connectivity index is 2.50. The van der Waals surface area contributed by atoms with Gasteiger partial charge in [-0.3, -0.25) is 4.79 Å². The van der Waals surface area contributed by atoms with Crippen molar-refractivity contribution in [1.82, 2.24) is 5.32 Å². The molecule has 0 aliphatic rings. The third-order valence-corrected chi connectivity index (χ3v) is 4.48. The lowest BCUT2D eigenvalue weighted by atomic mass is 9.91. The second-order valence-electron chi connectivity index (χ2n) is 4.45. The van der Waals surface area contributed by atoms with Crippen molar-refractivity contribution in [2.24, 2.45) is 0 Å². The monoisotopic (exact) mass is 314 g/mol. The van der Waals surface area contributed by atoms with Crippen molar-refractivity contribution >= 4 is 33.2 Å². The quantitative estimate of drug-likeness (QED) is 0.907. The van der Waals surface area contributed by atoms with E-state index in [0.29, 0.717) is 6.54 Å². The first kappa shape index (κ1) is 14.2. The van der Waals surface area contributed by atoms with Gasteiger partial charge in [0.15, 0.2) is 0 Å². The maximum atomic E-state index is 11.4. The molecule has 0 saturated heterocycles. The zero-order valence-corrected chi connectivity index (χ0v) is 12.3. The normalized spacial score (nSPS) is 10.9. The van der Waals surface area contributed by atoms with E-state index in [9.17, 15) is 4.79 Å². The number of hydrogen-bond donors (Lipinski definition) is 1. The lowest BCUT2D eigenvalue weighted by Gasteiger charge is -2.23. The molecule has 0 aliphatic heterocycles. The van der Waals surface area contributed by atoms with Gasteiger partial charge in [-0.25, -0.2) is 0 Å². The Morgan fingerprint density at radius 2 is 2.35 bits per heavy atom. The van der Waals surface area contributed by atoms with Gasteiger partial charge in [-0.15, -0.1) is 11.3 Å². The Bertz CT molecular complexity index is 434. The molecule has 5 heteroatoms. The number of nitrogens with zero attached hydrogens (tertiary/aromatic N) is 1. The number of rotatable bonds is 5. The molecule has 17 heavy (non-hydrogen) atoms. The largest absolute Gasteiger partial charge is 0.355 e. The number of halogens is 1. The standard InChI is InChI=1S/C12H15BrN2OS/c1-12(2,10-6-9(13)7-17-10)8-15-11(16)4-3-5-14/h6-7H,3-4,8H2,1-2H3,(H,15,16). The molecule has 0 atom stereocenters. The molecule has 0 unspecified atom stereocenters. The van der Waals surface area contributed by atoms with E-state index in [1.54, 1.807) is 11.3 Å². The van der Waals surface area contributed by atoms with E-state index < -0.39 is 0 Å². The fourth-order valence-electron chi connectivity index (χ4n) is 1.33. The summed E-state index contributed by atoms with van der Waals surface area (Å²) in [6, 6.07) is 4.04. The van der Waals surface area contributed by atoms with E-state index in [-0.39, 0.29) is 24.2 Å². The Morgan fingerprint density at radius 1 is 1.65 bits per heavy atom. The van der Waals surface area contributed by atoms with Crippen LogP contribution in [0.1, 0.15) is 31.6 Å². The Morgan fingerprint density at radius 3 is 2.88 bits per heavy atom. The van der Waals surface area contributed by atoms with Gasteiger partial charge in [-0.05, 0) is 22.0 Å². The van der Waals surface area contributed by atoms with Crippen molar-refractivity contribution in [3.63, 3.8) is 0 Å². The topological polar surface area (TPSA) is 52.9 Å². The molecule has 1 heterocycles. The zero-order valence-electron chi connectivity index (χ0n) is 9.92. The summed E-state index contributed by atoms with van der Waals surface area (Å²) in [4.78, 5) is 12.6. The average Bonchev–Trinajstić information content (AvgIpc) is 2.71. The maximum Gasteiger partial charge on any atom is 0.221 e. The summed E-state index contributed by atoms with van der Waals surface area (Å²) in [5.41, 5.74) is -0.0843. The minimum Gasteiger partial charge on any atom is -0.355 e. The highest BCUT2D eigenvalue weighted by atomic mass is 79.9. The summed E-state index contributed by atoms with van der Waals surface area (Å²) in [5.74, 6) is -0.0600. The van der Waals surface area contributed by atoms with Crippen LogP contribution >= 0.6 is 27.3 Å². The summed E-state index contributed by atoms with van der Waals surface area (Å²) in [6.45, 7) is 4.77.